The summed E-state index contributed by atoms with van der Waals surface area (Å²) in [6.45, 7) is 0.437. The Morgan fingerprint density at radius 1 is 1.73 bits per heavy atom. The zero-order chi connectivity index (χ0) is 8.10. The van der Waals surface area contributed by atoms with E-state index < -0.39 is 5.97 Å². The van der Waals surface area contributed by atoms with Crippen molar-refractivity contribution in [2.75, 3.05) is 0 Å². The van der Waals surface area contributed by atoms with Crippen LogP contribution in [0.15, 0.2) is 24.8 Å². The van der Waals surface area contributed by atoms with Crippen molar-refractivity contribution >= 4 is 5.97 Å². The van der Waals surface area contributed by atoms with Gasteiger partial charge in [-0.15, -0.1) is 0 Å². The fraction of sp³-hybridized carbons (Fsp3) is 0.167. The molecule has 0 radical (unpaired) electrons. The topological polar surface area (TPSA) is 68.0 Å². The predicted molar refractivity (Wildman–Crippen MR) is 36.8 cm³/mol. The first kappa shape index (κ1) is 7.46. The van der Waals surface area contributed by atoms with Crippen molar-refractivity contribution in [2.45, 2.75) is 6.54 Å². The van der Waals surface area contributed by atoms with Crippen molar-refractivity contribution in [2.24, 2.45) is 0 Å². The van der Waals surface area contributed by atoms with Crippen molar-refractivity contribution in [3.8, 4) is 0 Å². The zero-order valence-corrected chi connectivity index (χ0v) is 5.71. The van der Waals surface area contributed by atoms with Gasteiger partial charge in [0.15, 0.2) is 0 Å². The largest absolute Gasteiger partial charge is 0.478 e. The Labute approximate surface area is 63.0 Å². The van der Waals surface area contributed by atoms with Gasteiger partial charge >= 0.3 is 5.97 Å². The Balaban J connectivity index is 2.40. The second-order valence-corrected chi connectivity index (χ2v) is 1.86. The quantitative estimate of drug-likeness (QED) is 0.616. The van der Waals surface area contributed by atoms with E-state index in [-0.39, 0.29) is 0 Å². The summed E-state index contributed by atoms with van der Waals surface area (Å²) in [6, 6.07) is 0. The lowest BCUT2D eigenvalue weighted by atomic mass is 10.5. The van der Waals surface area contributed by atoms with E-state index in [0.29, 0.717) is 6.54 Å². The molecule has 0 aliphatic heterocycles. The molecule has 1 N–H and O–H groups in total. The van der Waals surface area contributed by atoms with Crippen LogP contribution in [0.5, 0.6) is 0 Å². The summed E-state index contributed by atoms with van der Waals surface area (Å²) >= 11 is 0. The van der Waals surface area contributed by atoms with Crippen molar-refractivity contribution in [1.82, 2.24) is 14.8 Å². The van der Waals surface area contributed by atoms with Crippen LogP contribution in [-0.2, 0) is 11.3 Å². The SMILES string of the molecule is O=C(O)C=CCn1cncn1. The van der Waals surface area contributed by atoms with Crippen LogP contribution >= 0.6 is 0 Å². The highest BCUT2D eigenvalue weighted by molar-refractivity contribution is 5.79. The fourth-order valence-electron chi connectivity index (χ4n) is 0.589. The molecular weight excluding hydrogens is 146 g/mol. The van der Waals surface area contributed by atoms with Gasteiger partial charge in [-0.25, -0.2) is 14.5 Å². The van der Waals surface area contributed by atoms with Crippen LogP contribution < -0.4 is 0 Å². The minimum Gasteiger partial charge on any atom is -0.478 e. The van der Waals surface area contributed by atoms with Crippen molar-refractivity contribution in [3.05, 3.63) is 24.8 Å². The minimum absolute atomic E-state index is 0.437. The first-order valence-corrected chi connectivity index (χ1v) is 3.01. The van der Waals surface area contributed by atoms with E-state index in [2.05, 4.69) is 10.1 Å². The number of carboxylic acids is 1. The first-order valence-electron chi connectivity index (χ1n) is 3.01. The third kappa shape index (κ3) is 2.61. The highest BCUT2D eigenvalue weighted by atomic mass is 16.4. The smallest absolute Gasteiger partial charge is 0.328 e. The van der Waals surface area contributed by atoms with Crippen molar-refractivity contribution in [3.63, 3.8) is 0 Å². The lowest BCUT2D eigenvalue weighted by Gasteiger charge is -1.89. The molecule has 0 saturated heterocycles. The molecule has 0 bridgehead atoms. The van der Waals surface area contributed by atoms with E-state index in [1.54, 1.807) is 0 Å². The molecule has 0 fully saturated rings. The maximum Gasteiger partial charge on any atom is 0.328 e. The highest BCUT2D eigenvalue weighted by Gasteiger charge is 1.87. The summed E-state index contributed by atoms with van der Waals surface area (Å²) < 4.78 is 1.53. The van der Waals surface area contributed by atoms with Gasteiger partial charge in [-0.1, -0.05) is 6.08 Å². The number of aliphatic carboxylic acids is 1. The van der Waals surface area contributed by atoms with Crippen LogP contribution in [-0.4, -0.2) is 25.8 Å². The van der Waals surface area contributed by atoms with Crippen LogP contribution in [0.4, 0.5) is 0 Å². The number of aromatic nitrogens is 3. The Morgan fingerprint density at radius 2 is 2.55 bits per heavy atom. The van der Waals surface area contributed by atoms with E-state index in [1.165, 1.54) is 23.4 Å². The second kappa shape index (κ2) is 3.50. The average Bonchev–Trinajstić information content (AvgIpc) is 2.39. The Kier molecular flexibility index (Phi) is 2.37. The Bertz CT molecular complexity index is 253. The molecule has 0 amide bonds. The summed E-state index contributed by atoms with van der Waals surface area (Å²) in [5, 5.41) is 12.0. The van der Waals surface area contributed by atoms with E-state index in [4.69, 9.17) is 5.11 Å². The molecule has 0 aliphatic rings. The number of nitrogens with zero attached hydrogens (tertiary/aromatic N) is 3. The molecule has 0 aromatic carbocycles. The van der Waals surface area contributed by atoms with E-state index >= 15 is 0 Å². The van der Waals surface area contributed by atoms with E-state index in [1.807, 2.05) is 0 Å². The van der Waals surface area contributed by atoms with Crippen LogP contribution in [0, 0.1) is 0 Å². The molecule has 0 atom stereocenters. The molecule has 0 spiro atoms. The predicted octanol–water partition coefficient (Wildman–Crippen LogP) is -0.0811. The summed E-state index contributed by atoms with van der Waals surface area (Å²) in [4.78, 5) is 13.7. The van der Waals surface area contributed by atoms with Gasteiger partial charge in [0.25, 0.3) is 0 Å². The molecule has 0 unspecified atom stereocenters. The molecule has 0 aliphatic carbocycles. The van der Waals surface area contributed by atoms with Crippen molar-refractivity contribution < 1.29 is 9.90 Å². The molecular formula is C6H7N3O2. The minimum atomic E-state index is -0.954. The molecule has 58 valence electrons. The van der Waals surface area contributed by atoms with Crippen LogP contribution in [0.1, 0.15) is 0 Å². The summed E-state index contributed by atoms with van der Waals surface area (Å²) in [5.74, 6) is -0.954. The summed E-state index contributed by atoms with van der Waals surface area (Å²) in [6.07, 6.45) is 5.49. The average molecular weight is 153 g/mol. The van der Waals surface area contributed by atoms with Gasteiger partial charge < -0.3 is 5.11 Å². The lowest BCUT2D eigenvalue weighted by molar-refractivity contribution is -0.131. The Hall–Kier alpha value is -1.65. The lowest BCUT2D eigenvalue weighted by Crippen LogP contribution is -1.96. The number of allylic oxidation sites excluding steroid dienone is 1. The fourth-order valence-corrected chi connectivity index (χ4v) is 0.589. The third-order valence-electron chi connectivity index (χ3n) is 1.02. The Morgan fingerprint density at radius 3 is 3.09 bits per heavy atom. The van der Waals surface area contributed by atoms with Crippen LogP contribution in [0.25, 0.3) is 0 Å². The third-order valence-corrected chi connectivity index (χ3v) is 1.02. The van der Waals surface area contributed by atoms with Gasteiger partial charge in [0.1, 0.15) is 12.7 Å². The molecule has 1 rings (SSSR count). The number of hydrogen-bond acceptors (Lipinski definition) is 3. The van der Waals surface area contributed by atoms with Gasteiger partial charge in [-0.3, -0.25) is 0 Å². The number of rotatable bonds is 3. The standard InChI is InChI=1S/C6H7N3O2/c10-6(11)2-1-3-9-5-7-4-8-9/h1-2,4-5H,3H2,(H,10,11). The maximum atomic E-state index is 10.00. The highest BCUT2D eigenvalue weighted by Crippen LogP contribution is 1.81. The molecule has 1 aromatic rings. The molecule has 5 nitrogen and oxygen atoms in total. The summed E-state index contributed by atoms with van der Waals surface area (Å²) in [5.41, 5.74) is 0. The second-order valence-electron chi connectivity index (χ2n) is 1.86. The summed E-state index contributed by atoms with van der Waals surface area (Å²) in [7, 11) is 0. The van der Waals surface area contributed by atoms with Gasteiger partial charge in [0, 0.05) is 6.08 Å². The van der Waals surface area contributed by atoms with Crippen LogP contribution in [0.2, 0.25) is 0 Å². The molecule has 0 saturated carbocycles. The van der Waals surface area contributed by atoms with Gasteiger partial charge in [-0.05, 0) is 0 Å². The van der Waals surface area contributed by atoms with E-state index in [0.717, 1.165) is 6.08 Å². The maximum absolute atomic E-state index is 10.00. The molecule has 1 heterocycles. The number of carboxylic acid groups (broad SMARTS) is 1. The zero-order valence-electron chi connectivity index (χ0n) is 5.71. The first-order chi connectivity index (χ1) is 5.29. The normalized spacial score (nSPS) is 10.5. The number of carbonyl (C=O) groups is 1. The van der Waals surface area contributed by atoms with Gasteiger partial charge in [-0.2, -0.15) is 5.10 Å². The monoisotopic (exact) mass is 153 g/mol. The van der Waals surface area contributed by atoms with Crippen LogP contribution in [0.3, 0.4) is 0 Å². The molecule has 11 heavy (non-hydrogen) atoms. The van der Waals surface area contributed by atoms with E-state index in [9.17, 15) is 4.79 Å². The molecule has 5 heteroatoms. The number of hydrogen-bond donors (Lipinski definition) is 1. The van der Waals surface area contributed by atoms with Crippen molar-refractivity contribution in [1.29, 1.82) is 0 Å². The van der Waals surface area contributed by atoms with Gasteiger partial charge in [0.05, 0.1) is 6.54 Å². The molecule has 1 aromatic heterocycles. The van der Waals surface area contributed by atoms with Gasteiger partial charge in [0.2, 0.25) is 0 Å².